The second-order valence-electron chi connectivity index (χ2n) is 4.91. The van der Waals surface area contributed by atoms with Gasteiger partial charge in [-0.3, -0.25) is 4.68 Å². The highest BCUT2D eigenvalue weighted by molar-refractivity contribution is 7.89. The fourth-order valence-corrected chi connectivity index (χ4v) is 4.32. The van der Waals surface area contributed by atoms with Crippen LogP contribution in [0.5, 0.6) is 0 Å². The van der Waals surface area contributed by atoms with Gasteiger partial charge in [0.25, 0.3) is 0 Å². The van der Waals surface area contributed by atoms with E-state index in [0.29, 0.717) is 28.7 Å². The van der Waals surface area contributed by atoms with Crippen LogP contribution in [0.15, 0.2) is 4.90 Å². The number of hydrogen-bond acceptors (Lipinski definition) is 3. The van der Waals surface area contributed by atoms with Crippen molar-refractivity contribution in [3.8, 4) is 0 Å². The summed E-state index contributed by atoms with van der Waals surface area (Å²) in [5, 5.41) is 4.34. The minimum Gasteiger partial charge on any atom is -0.271 e. The molecule has 1 aromatic rings. The van der Waals surface area contributed by atoms with Gasteiger partial charge >= 0.3 is 0 Å². The topological polar surface area (TPSA) is 64.0 Å². The van der Waals surface area contributed by atoms with Crippen molar-refractivity contribution in [2.24, 2.45) is 13.0 Å². The molecular formula is C11H18ClN3O2S. The van der Waals surface area contributed by atoms with Gasteiger partial charge in [0, 0.05) is 19.0 Å². The molecule has 1 heterocycles. The molecule has 1 aliphatic rings. The van der Waals surface area contributed by atoms with E-state index in [0.717, 1.165) is 12.8 Å². The van der Waals surface area contributed by atoms with Gasteiger partial charge in [-0.05, 0) is 32.6 Å². The molecule has 0 spiro atoms. The van der Waals surface area contributed by atoms with Gasteiger partial charge in [0.15, 0.2) is 0 Å². The third kappa shape index (κ3) is 2.55. The number of aromatic nitrogens is 2. The van der Waals surface area contributed by atoms with Gasteiger partial charge in [0.2, 0.25) is 10.0 Å². The molecule has 18 heavy (non-hydrogen) atoms. The summed E-state index contributed by atoms with van der Waals surface area (Å²) in [4.78, 5) is 0.298. The Kier molecular flexibility index (Phi) is 3.71. The zero-order valence-electron chi connectivity index (χ0n) is 10.8. The monoisotopic (exact) mass is 291 g/mol. The molecule has 0 amide bonds. The molecule has 1 fully saturated rings. The smallest absolute Gasteiger partial charge is 0.244 e. The molecule has 0 saturated heterocycles. The molecule has 102 valence electrons. The molecule has 1 N–H and O–H groups in total. The molecule has 7 heteroatoms. The van der Waals surface area contributed by atoms with Gasteiger partial charge in [0.05, 0.1) is 11.4 Å². The molecule has 0 aromatic carbocycles. The highest BCUT2D eigenvalue weighted by Gasteiger charge is 2.30. The van der Waals surface area contributed by atoms with Crippen molar-refractivity contribution < 1.29 is 8.42 Å². The predicted molar refractivity (Wildman–Crippen MR) is 70.2 cm³/mol. The number of nitrogens with zero attached hydrogens (tertiary/aromatic N) is 2. The van der Waals surface area contributed by atoms with Crippen molar-refractivity contribution in [3.63, 3.8) is 0 Å². The Bertz CT molecular complexity index is 547. The van der Waals surface area contributed by atoms with Crippen molar-refractivity contribution in [1.29, 1.82) is 0 Å². The van der Waals surface area contributed by atoms with Crippen molar-refractivity contribution in [2.75, 3.05) is 6.54 Å². The van der Waals surface area contributed by atoms with Crippen LogP contribution in [0.25, 0.3) is 0 Å². The molecule has 5 nitrogen and oxygen atoms in total. The number of alkyl halides is 1. The lowest BCUT2D eigenvalue weighted by Crippen LogP contribution is -2.36. The number of hydrogen-bond donors (Lipinski definition) is 1. The number of rotatable bonds is 4. The first-order chi connectivity index (χ1) is 8.31. The maximum atomic E-state index is 12.2. The maximum absolute atomic E-state index is 12.2. The second kappa shape index (κ2) is 4.83. The quantitative estimate of drug-likeness (QED) is 0.851. The molecular weight excluding hydrogens is 274 g/mol. The summed E-state index contributed by atoms with van der Waals surface area (Å²) in [5.74, 6) is 0.361. The first kappa shape index (κ1) is 13.8. The summed E-state index contributed by atoms with van der Waals surface area (Å²) < 4.78 is 28.7. The lowest BCUT2D eigenvalue weighted by atomic mass is 9.85. The number of aryl methyl sites for hydroxylation is 2. The average Bonchev–Trinajstić information content (AvgIpc) is 2.47. The van der Waals surface area contributed by atoms with Crippen molar-refractivity contribution >= 4 is 21.6 Å². The molecule has 1 aliphatic carbocycles. The number of halogens is 1. The van der Waals surface area contributed by atoms with E-state index < -0.39 is 10.0 Å². The molecule has 0 unspecified atom stereocenters. The van der Waals surface area contributed by atoms with Crippen LogP contribution in [-0.2, 0) is 17.1 Å². The van der Waals surface area contributed by atoms with Crippen LogP contribution < -0.4 is 4.72 Å². The third-order valence-corrected chi connectivity index (χ3v) is 5.48. The fraction of sp³-hybridized carbons (Fsp3) is 0.727. The number of nitrogens with one attached hydrogen (secondary N) is 1. The fourth-order valence-electron chi connectivity index (χ4n) is 2.26. The molecule has 1 aromatic heterocycles. The van der Waals surface area contributed by atoms with Crippen molar-refractivity contribution in [2.45, 2.75) is 37.0 Å². The van der Waals surface area contributed by atoms with Crippen LogP contribution in [0.2, 0.25) is 0 Å². The standard InChI is InChI=1S/C11H18ClN3O2S/c1-7-11(8(2)15(3)14-7)18(16,17)13-6-9-4-10(12)5-9/h9-10,13H,4-6H2,1-3H3. The Morgan fingerprint density at radius 1 is 1.44 bits per heavy atom. The zero-order valence-corrected chi connectivity index (χ0v) is 12.3. The average molecular weight is 292 g/mol. The Labute approximate surface area is 113 Å². The van der Waals surface area contributed by atoms with E-state index in [9.17, 15) is 8.42 Å². The van der Waals surface area contributed by atoms with Crippen molar-refractivity contribution in [3.05, 3.63) is 11.4 Å². The Hall–Kier alpha value is -0.590. The van der Waals surface area contributed by atoms with Crippen LogP contribution in [0, 0.1) is 19.8 Å². The van der Waals surface area contributed by atoms with Gasteiger partial charge in [-0.25, -0.2) is 13.1 Å². The summed E-state index contributed by atoms with van der Waals surface area (Å²) >= 11 is 5.87. The second-order valence-corrected chi connectivity index (χ2v) is 7.23. The molecule has 0 atom stereocenters. The van der Waals surface area contributed by atoms with Gasteiger partial charge in [-0.1, -0.05) is 0 Å². The summed E-state index contributed by atoms with van der Waals surface area (Å²) in [6, 6.07) is 0. The SMILES string of the molecule is Cc1nn(C)c(C)c1S(=O)(=O)NCC1CC(Cl)C1. The Balaban J connectivity index is 2.10. The lowest BCUT2D eigenvalue weighted by molar-refractivity contribution is 0.324. The summed E-state index contributed by atoms with van der Waals surface area (Å²) in [5.41, 5.74) is 1.19. The number of sulfonamides is 1. The van der Waals surface area contributed by atoms with Crippen LogP contribution in [-0.4, -0.2) is 30.1 Å². The van der Waals surface area contributed by atoms with Gasteiger partial charge < -0.3 is 0 Å². The van der Waals surface area contributed by atoms with Gasteiger partial charge in [-0.2, -0.15) is 5.10 Å². The van der Waals surface area contributed by atoms with Crippen LogP contribution in [0.3, 0.4) is 0 Å². The van der Waals surface area contributed by atoms with Crippen LogP contribution in [0.4, 0.5) is 0 Å². The normalized spacial score (nSPS) is 24.0. The first-order valence-corrected chi connectivity index (χ1v) is 7.87. The van der Waals surface area contributed by atoms with E-state index in [2.05, 4.69) is 9.82 Å². The molecule has 2 rings (SSSR count). The Morgan fingerprint density at radius 3 is 2.50 bits per heavy atom. The first-order valence-electron chi connectivity index (χ1n) is 5.95. The van der Waals surface area contributed by atoms with E-state index in [1.165, 1.54) is 0 Å². The Morgan fingerprint density at radius 2 is 2.06 bits per heavy atom. The summed E-state index contributed by atoms with van der Waals surface area (Å²) in [6.07, 6.45) is 1.77. The third-order valence-electron chi connectivity index (χ3n) is 3.45. The van der Waals surface area contributed by atoms with E-state index in [1.54, 1.807) is 25.6 Å². The molecule has 0 aliphatic heterocycles. The van der Waals surface area contributed by atoms with E-state index in [-0.39, 0.29) is 5.38 Å². The van der Waals surface area contributed by atoms with E-state index >= 15 is 0 Å². The highest BCUT2D eigenvalue weighted by Crippen LogP contribution is 2.31. The van der Waals surface area contributed by atoms with Gasteiger partial charge in [-0.15, -0.1) is 11.6 Å². The van der Waals surface area contributed by atoms with Crippen LogP contribution >= 0.6 is 11.6 Å². The zero-order chi connectivity index (χ0) is 13.5. The van der Waals surface area contributed by atoms with Gasteiger partial charge in [0.1, 0.15) is 4.90 Å². The summed E-state index contributed by atoms with van der Waals surface area (Å²) in [7, 11) is -1.72. The maximum Gasteiger partial charge on any atom is 0.244 e. The van der Waals surface area contributed by atoms with E-state index in [1.807, 2.05) is 0 Å². The molecule has 1 saturated carbocycles. The predicted octanol–water partition coefficient (Wildman–Crippen LogP) is 1.33. The minimum absolute atomic E-state index is 0.210. The van der Waals surface area contributed by atoms with Crippen molar-refractivity contribution in [1.82, 2.24) is 14.5 Å². The highest BCUT2D eigenvalue weighted by atomic mass is 35.5. The molecule has 0 radical (unpaired) electrons. The van der Waals surface area contributed by atoms with E-state index in [4.69, 9.17) is 11.6 Å². The largest absolute Gasteiger partial charge is 0.271 e. The molecule has 0 bridgehead atoms. The lowest BCUT2D eigenvalue weighted by Gasteiger charge is -2.30. The van der Waals surface area contributed by atoms with Crippen LogP contribution in [0.1, 0.15) is 24.2 Å². The minimum atomic E-state index is -3.47. The summed E-state index contributed by atoms with van der Waals surface area (Å²) in [6.45, 7) is 3.92.